The molecule has 3 nitrogen and oxygen atoms in total. The molecule has 0 spiro atoms. The van der Waals surface area contributed by atoms with Crippen LogP contribution in [0.4, 0.5) is 10.1 Å². The van der Waals surface area contributed by atoms with Crippen molar-refractivity contribution in [3.8, 4) is 11.5 Å². The van der Waals surface area contributed by atoms with Gasteiger partial charge in [0.2, 0.25) is 5.89 Å². The Bertz CT molecular complexity index is 739. The van der Waals surface area contributed by atoms with Crippen LogP contribution in [0.2, 0.25) is 0 Å². The van der Waals surface area contributed by atoms with Gasteiger partial charge in [0.15, 0.2) is 5.58 Å². The van der Waals surface area contributed by atoms with Gasteiger partial charge in [-0.25, -0.2) is 9.37 Å². The Labute approximate surface area is 111 Å². The van der Waals surface area contributed by atoms with Crippen LogP contribution in [0.3, 0.4) is 0 Å². The van der Waals surface area contributed by atoms with Crippen molar-refractivity contribution < 1.29 is 8.81 Å². The van der Waals surface area contributed by atoms with Gasteiger partial charge in [-0.1, -0.05) is 0 Å². The van der Waals surface area contributed by atoms with Gasteiger partial charge in [-0.05, 0) is 46.3 Å². The molecule has 0 aliphatic rings. The van der Waals surface area contributed by atoms with E-state index < -0.39 is 0 Å². The molecule has 1 heterocycles. The lowest BCUT2D eigenvalue weighted by atomic mass is 10.2. The fourth-order valence-corrected chi connectivity index (χ4v) is 1.95. The van der Waals surface area contributed by atoms with Gasteiger partial charge in [-0.15, -0.1) is 0 Å². The summed E-state index contributed by atoms with van der Waals surface area (Å²) in [6.45, 7) is 0. The first-order chi connectivity index (χ1) is 8.63. The number of fused-ring (bicyclic) bond motifs is 1. The number of halogens is 2. The van der Waals surface area contributed by atoms with E-state index in [4.69, 9.17) is 10.2 Å². The zero-order valence-corrected chi connectivity index (χ0v) is 10.7. The highest BCUT2D eigenvalue weighted by molar-refractivity contribution is 9.10. The van der Waals surface area contributed by atoms with E-state index in [0.717, 1.165) is 10.0 Å². The lowest BCUT2D eigenvalue weighted by Gasteiger charge is -1.99. The molecule has 2 aromatic carbocycles. The van der Waals surface area contributed by atoms with Crippen LogP contribution in [0, 0.1) is 5.82 Å². The molecule has 0 radical (unpaired) electrons. The van der Waals surface area contributed by atoms with Gasteiger partial charge in [0.25, 0.3) is 0 Å². The highest BCUT2D eigenvalue weighted by Gasteiger charge is 2.09. The van der Waals surface area contributed by atoms with E-state index in [1.807, 2.05) is 12.1 Å². The van der Waals surface area contributed by atoms with Gasteiger partial charge in [-0.2, -0.15) is 0 Å². The summed E-state index contributed by atoms with van der Waals surface area (Å²) in [5.74, 6) is 0.0790. The molecule has 0 fully saturated rings. The van der Waals surface area contributed by atoms with Crippen LogP contribution in [-0.4, -0.2) is 4.98 Å². The second-order valence-electron chi connectivity index (χ2n) is 3.87. The number of rotatable bonds is 1. The number of anilines is 1. The molecule has 3 rings (SSSR count). The van der Waals surface area contributed by atoms with E-state index in [9.17, 15) is 4.39 Å². The molecule has 90 valence electrons. The van der Waals surface area contributed by atoms with Gasteiger partial charge in [0.1, 0.15) is 11.3 Å². The summed E-state index contributed by atoms with van der Waals surface area (Å²) in [4.78, 5) is 4.29. The Balaban J connectivity index is 2.16. The quantitative estimate of drug-likeness (QED) is 0.692. The second kappa shape index (κ2) is 4.10. The summed E-state index contributed by atoms with van der Waals surface area (Å²) in [6.07, 6.45) is 0. The number of oxazole rings is 1. The molecule has 0 aliphatic heterocycles. The van der Waals surface area contributed by atoms with Crippen LogP contribution in [0.15, 0.2) is 45.3 Å². The van der Waals surface area contributed by atoms with Crippen molar-refractivity contribution >= 4 is 32.7 Å². The molecule has 0 amide bonds. The zero-order valence-electron chi connectivity index (χ0n) is 9.15. The first-order valence-corrected chi connectivity index (χ1v) is 6.04. The molecular weight excluding hydrogens is 299 g/mol. The Morgan fingerprint density at radius 2 is 2.00 bits per heavy atom. The van der Waals surface area contributed by atoms with Crippen LogP contribution in [0.5, 0.6) is 0 Å². The van der Waals surface area contributed by atoms with Crippen LogP contribution >= 0.6 is 15.9 Å². The number of benzene rings is 2. The van der Waals surface area contributed by atoms with E-state index in [-0.39, 0.29) is 5.82 Å². The molecule has 0 saturated carbocycles. The standard InChI is InChI=1S/C13H8BrFN2O/c14-9-3-1-7(5-10(9)16)13-17-11-4-2-8(15)6-12(11)18-13/h1-6H,16H2. The molecule has 0 aliphatic carbocycles. The van der Waals surface area contributed by atoms with Crippen molar-refractivity contribution in [2.45, 2.75) is 0 Å². The number of nitrogen functional groups attached to an aromatic ring is 1. The molecule has 3 aromatic rings. The van der Waals surface area contributed by atoms with Crippen molar-refractivity contribution in [3.05, 3.63) is 46.7 Å². The maximum atomic E-state index is 13.1. The van der Waals surface area contributed by atoms with Crippen molar-refractivity contribution in [2.75, 3.05) is 5.73 Å². The smallest absolute Gasteiger partial charge is 0.227 e. The van der Waals surface area contributed by atoms with Crippen LogP contribution in [-0.2, 0) is 0 Å². The average Bonchev–Trinajstić information content (AvgIpc) is 2.75. The summed E-state index contributed by atoms with van der Waals surface area (Å²) < 4.78 is 19.4. The first kappa shape index (κ1) is 11.2. The predicted octanol–water partition coefficient (Wildman–Crippen LogP) is 3.98. The minimum absolute atomic E-state index is 0.347. The highest BCUT2D eigenvalue weighted by Crippen LogP contribution is 2.29. The Morgan fingerprint density at radius 3 is 2.78 bits per heavy atom. The summed E-state index contributed by atoms with van der Waals surface area (Å²) >= 11 is 3.32. The van der Waals surface area contributed by atoms with Gasteiger partial charge in [0.05, 0.1) is 0 Å². The summed E-state index contributed by atoms with van der Waals surface area (Å²) in [5, 5.41) is 0. The number of hydrogen-bond donors (Lipinski definition) is 1. The highest BCUT2D eigenvalue weighted by atomic mass is 79.9. The molecule has 5 heteroatoms. The fraction of sp³-hybridized carbons (Fsp3) is 0. The molecular formula is C13H8BrFN2O. The topological polar surface area (TPSA) is 52.0 Å². The van der Waals surface area contributed by atoms with Crippen LogP contribution in [0.25, 0.3) is 22.6 Å². The monoisotopic (exact) mass is 306 g/mol. The first-order valence-electron chi connectivity index (χ1n) is 5.25. The molecule has 0 bridgehead atoms. The summed E-state index contributed by atoms with van der Waals surface area (Å²) in [7, 11) is 0. The molecule has 0 saturated heterocycles. The zero-order chi connectivity index (χ0) is 12.7. The van der Waals surface area contributed by atoms with Gasteiger partial charge < -0.3 is 10.2 Å². The molecule has 0 atom stereocenters. The Hall–Kier alpha value is -1.88. The number of aromatic nitrogens is 1. The van der Waals surface area contributed by atoms with Crippen molar-refractivity contribution in [1.29, 1.82) is 0 Å². The largest absolute Gasteiger partial charge is 0.436 e. The lowest BCUT2D eigenvalue weighted by molar-refractivity contribution is 0.602. The van der Waals surface area contributed by atoms with Gasteiger partial charge >= 0.3 is 0 Å². The second-order valence-corrected chi connectivity index (χ2v) is 4.72. The molecule has 18 heavy (non-hydrogen) atoms. The maximum Gasteiger partial charge on any atom is 0.227 e. The van der Waals surface area contributed by atoms with Crippen molar-refractivity contribution in [1.82, 2.24) is 4.98 Å². The normalized spacial score (nSPS) is 11.0. The number of nitrogens with zero attached hydrogens (tertiary/aromatic N) is 1. The average molecular weight is 307 g/mol. The predicted molar refractivity (Wildman–Crippen MR) is 71.5 cm³/mol. The molecule has 2 N–H and O–H groups in total. The van der Waals surface area contributed by atoms with E-state index in [0.29, 0.717) is 22.7 Å². The Morgan fingerprint density at radius 1 is 1.17 bits per heavy atom. The van der Waals surface area contributed by atoms with Gasteiger partial charge in [0, 0.05) is 21.8 Å². The summed E-state index contributed by atoms with van der Waals surface area (Å²) in [6, 6.07) is 9.66. The lowest BCUT2D eigenvalue weighted by Crippen LogP contribution is -1.87. The minimum atomic E-state index is -0.347. The van der Waals surface area contributed by atoms with E-state index >= 15 is 0 Å². The van der Waals surface area contributed by atoms with Crippen molar-refractivity contribution in [3.63, 3.8) is 0 Å². The van der Waals surface area contributed by atoms with Crippen LogP contribution < -0.4 is 5.73 Å². The van der Waals surface area contributed by atoms with Crippen molar-refractivity contribution in [2.24, 2.45) is 0 Å². The third kappa shape index (κ3) is 1.86. The van der Waals surface area contributed by atoms with E-state index in [1.165, 1.54) is 12.1 Å². The molecule has 0 unspecified atom stereocenters. The number of hydrogen-bond acceptors (Lipinski definition) is 3. The maximum absolute atomic E-state index is 13.1. The SMILES string of the molecule is Nc1cc(-c2nc3ccc(F)cc3o2)ccc1Br. The van der Waals surface area contributed by atoms with E-state index in [1.54, 1.807) is 12.1 Å². The van der Waals surface area contributed by atoms with E-state index in [2.05, 4.69) is 20.9 Å². The summed E-state index contributed by atoms with van der Waals surface area (Å²) in [5.41, 5.74) is 8.20. The third-order valence-electron chi connectivity index (χ3n) is 2.59. The minimum Gasteiger partial charge on any atom is -0.436 e. The van der Waals surface area contributed by atoms with Crippen LogP contribution in [0.1, 0.15) is 0 Å². The fourth-order valence-electron chi connectivity index (χ4n) is 1.70. The number of nitrogens with two attached hydrogens (primary N) is 1. The third-order valence-corrected chi connectivity index (χ3v) is 3.32. The van der Waals surface area contributed by atoms with Gasteiger partial charge in [-0.3, -0.25) is 0 Å². The molecule has 1 aromatic heterocycles. The Kier molecular flexibility index (Phi) is 2.56.